The van der Waals surface area contributed by atoms with Crippen LogP contribution in [0.1, 0.15) is 0 Å². The number of hydrogen-bond donors (Lipinski definition) is 0. The highest BCUT2D eigenvalue weighted by molar-refractivity contribution is 6.11. The summed E-state index contributed by atoms with van der Waals surface area (Å²) in [5.41, 5.74) is 13.4. The fourth-order valence-electron chi connectivity index (χ4n) is 8.27. The van der Waals surface area contributed by atoms with Gasteiger partial charge in [0, 0.05) is 38.5 Å². The zero-order valence-electron chi connectivity index (χ0n) is 29.8. The van der Waals surface area contributed by atoms with Gasteiger partial charge in [-0.1, -0.05) is 152 Å². The Kier molecular flexibility index (Phi) is 7.17. The number of para-hydroxylation sites is 4. The number of hydrogen-bond acceptors (Lipinski definition) is 3. The first-order chi connectivity index (χ1) is 27.3. The van der Waals surface area contributed by atoms with Gasteiger partial charge in [0.2, 0.25) is 0 Å². The van der Waals surface area contributed by atoms with Gasteiger partial charge in [0.1, 0.15) is 16.7 Å². The van der Waals surface area contributed by atoms with E-state index in [1.54, 1.807) is 0 Å². The maximum absolute atomic E-state index is 6.64. The smallest absolute Gasteiger partial charge is 0.159 e. The third kappa shape index (κ3) is 5.20. The van der Waals surface area contributed by atoms with E-state index in [2.05, 4.69) is 181 Å². The van der Waals surface area contributed by atoms with Crippen molar-refractivity contribution in [2.24, 2.45) is 0 Å². The van der Waals surface area contributed by atoms with Gasteiger partial charge < -0.3 is 13.7 Å². The highest BCUT2D eigenvalue weighted by atomic mass is 16.3. The van der Waals surface area contributed by atoms with Crippen molar-refractivity contribution in [3.05, 3.63) is 200 Å². The first-order valence-corrected chi connectivity index (χ1v) is 18.7. The summed E-state index contributed by atoms with van der Waals surface area (Å²) in [7, 11) is 0. The van der Waals surface area contributed by atoms with E-state index < -0.39 is 0 Å². The van der Waals surface area contributed by atoms with Crippen LogP contribution < -0.4 is 4.90 Å². The molecule has 0 saturated carbocycles. The van der Waals surface area contributed by atoms with Crippen molar-refractivity contribution in [3.63, 3.8) is 0 Å². The Morgan fingerprint density at radius 1 is 0.309 bits per heavy atom. The molecule has 0 unspecified atom stereocenters. The molecule has 3 heteroatoms. The average molecular weight is 704 g/mol. The molecule has 9 aromatic carbocycles. The van der Waals surface area contributed by atoms with Gasteiger partial charge in [0.25, 0.3) is 0 Å². The molecule has 0 fully saturated rings. The van der Waals surface area contributed by atoms with Crippen molar-refractivity contribution in [2.75, 3.05) is 4.90 Å². The zero-order valence-corrected chi connectivity index (χ0v) is 29.8. The lowest BCUT2D eigenvalue weighted by Crippen LogP contribution is -2.10. The second kappa shape index (κ2) is 12.6. The summed E-state index contributed by atoms with van der Waals surface area (Å²) in [5.74, 6) is 0. The standard InChI is InChI=1S/C52H33NO2/c1-2-18-41-34(12-1)13-9-21-42(41)38-16-7-14-36(32-38)37-15-8-17-40(33-37)53(48-25-11-24-47-45-20-4-6-27-50(45)55-52(47)48)39-30-28-35(29-31-39)43-22-10-23-46-44-19-3-5-26-49(44)54-51(43)46/h1-33H. The Hall–Kier alpha value is -7.36. The lowest BCUT2D eigenvalue weighted by Gasteiger charge is -2.26. The zero-order chi connectivity index (χ0) is 36.3. The topological polar surface area (TPSA) is 29.5 Å². The predicted octanol–water partition coefficient (Wildman–Crippen LogP) is 15.1. The molecular weight excluding hydrogens is 671 g/mol. The van der Waals surface area contributed by atoms with E-state index in [1.165, 1.54) is 21.9 Å². The van der Waals surface area contributed by atoms with E-state index in [4.69, 9.17) is 8.83 Å². The van der Waals surface area contributed by atoms with Gasteiger partial charge in [-0.3, -0.25) is 0 Å². The van der Waals surface area contributed by atoms with Gasteiger partial charge in [-0.05, 0) is 87.1 Å². The van der Waals surface area contributed by atoms with Crippen molar-refractivity contribution < 1.29 is 8.83 Å². The highest BCUT2D eigenvalue weighted by Gasteiger charge is 2.21. The van der Waals surface area contributed by atoms with Crippen LogP contribution in [0.4, 0.5) is 17.1 Å². The van der Waals surface area contributed by atoms with E-state index in [9.17, 15) is 0 Å². The molecule has 11 rings (SSSR count). The maximum Gasteiger partial charge on any atom is 0.159 e. The van der Waals surface area contributed by atoms with Crippen LogP contribution in [0.15, 0.2) is 209 Å². The number of furan rings is 2. The third-order valence-electron chi connectivity index (χ3n) is 10.9. The van der Waals surface area contributed by atoms with E-state index in [0.29, 0.717) is 0 Å². The van der Waals surface area contributed by atoms with Crippen molar-refractivity contribution in [3.8, 4) is 33.4 Å². The van der Waals surface area contributed by atoms with Gasteiger partial charge >= 0.3 is 0 Å². The number of anilines is 3. The quantitative estimate of drug-likeness (QED) is 0.173. The molecular formula is C52H33NO2. The first kappa shape index (κ1) is 31.2. The maximum atomic E-state index is 6.64. The lowest BCUT2D eigenvalue weighted by molar-refractivity contribution is 0.669. The average Bonchev–Trinajstić information content (AvgIpc) is 3.83. The van der Waals surface area contributed by atoms with Gasteiger partial charge in [0.05, 0.1) is 5.69 Å². The molecule has 0 atom stereocenters. The van der Waals surface area contributed by atoms with Crippen molar-refractivity contribution in [1.29, 1.82) is 0 Å². The summed E-state index contributed by atoms with van der Waals surface area (Å²) < 4.78 is 13.1. The van der Waals surface area contributed by atoms with Crippen molar-refractivity contribution in [1.82, 2.24) is 0 Å². The molecule has 0 bridgehead atoms. The first-order valence-electron chi connectivity index (χ1n) is 18.7. The summed E-state index contributed by atoms with van der Waals surface area (Å²) in [4.78, 5) is 2.31. The Balaban J connectivity index is 1.06. The normalized spacial score (nSPS) is 11.6. The monoisotopic (exact) mass is 703 g/mol. The van der Waals surface area contributed by atoms with Crippen LogP contribution in [0.5, 0.6) is 0 Å². The Labute approximate surface area is 317 Å². The fourth-order valence-corrected chi connectivity index (χ4v) is 8.27. The molecule has 0 radical (unpaired) electrons. The summed E-state index contributed by atoms with van der Waals surface area (Å²) in [6.07, 6.45) is 0. The molecule has 0 amide bonds. The molecule has 0 spiro atoms. The summed E-state index contributed by atoms with van der Waals surface area (Å²) in [5, 5.41) is 6.93. The number of benzene rings is 9. The molecule has 2 aromatic heterocycles. The Bertz CT molecular complexity index is 3220. The minimum absolute atomic E-state index is 0.850. The van der Waals surface area contributed by atoms with Gasteiger partial charge in [-0.2, -0.15) is 0 Å². The van der Waals surface area contributed by atoms with E-state index >= 15 is 0 Å². The minimum Gasteiger partial charge on any atom is -0.455 e. The summed E-state index contributed by atoms with van der Waals surface area (Å²) in [6.45, 7) is 0. The number of rotatable bonds is 6. The van der Waals surface area contributed by atoms with E-state index in [1.807, 2.05) is 24.3 Å². The van der Waals surface area contributed by atoms with Gasteiger partial charge in [-0.15, -0.1) is 0 Å². The van der Waals surface area contributed by atoms with Gasteiger partial charge in [0.15, 0.2) is 5.58 Å². The molecule has 0 aliphatic heterocycles. The highest BCUT2D eigenvalue weighted by Crippen LogP contribution is 2.44. The van der Waals surface area contributed by atoms with Gasteiger partial charge in [-0.25, -0.2) is 0 Å². The molecule has 0 N–H and O–H groups in total. The van der Waals surface area contributed by atoms with E-state index in [0.717, 1.165) is 83.2 Å². The number of nitrogens with zero attached hydrogens (tertiary/aromatic N) is 1. The molecule has 11 aromatic rings. The van der Waals surface area contributed by atoms with Crippen LogP contribution in [0, 0.1) is 0 Å². The molecule has 2 heterocycles. The summed E-state index contributed by atoms with van der Waals surface area (Å²) in [6, 6.07) is 70.9. The van der Waals surface area contributed by atoms with Crippen LogP contribution in [-0.4, -0.2) is 0 Å². The largest absolute Gasteiger partial charge is 0.455 e. The molecule has 0 aliphatic rings. The third-order valence-corrected chi connectivity index (χ3v) is 10.9. The van der Waals surface area contributed by atoms with Crippen LogP contribution in [0.2, 0.25) is 0 Å². The fraction of sp³-hybridized carbons (Fsp3) is 0. The second-order valence-electron chi connectivity index (χ2n) is 14.1. The SMILES string of the molecule is c1cc(-c2cccc(N(c3ccc(-c4cccc5c4oc4ccccc45)cc3)c3cccc4c3oc3ccccc34)c2)cc(-c2cccc3ccccc23)c1. The molecule has 3 nitrogen and oxygen atoms in total. The molecule has 258 valence electrons. The minimum atomic E-state index is 0.850. The van der Waals surface area contributed by atoms with E-state index in [-0.39, 0.29) is 0 Å². The molecule has 0 aliphatic carbocycles. The van der Waals surface area contributed by atoms with Crippen molar-refractivity contribution in [2.45, 2.75) is 0 Å². The Morgan fingerprint density at radius 2 is 0.855 bits per heavy atom. The Morgan fingerprint density at radius 3 is 1.65 bits per heavy atom. The molecule has 0 saturated heterocycles. The van der Waals surface area contributed by atoms with Crippen LogP contribution in [-0.2, 0) is 0 Å². The molecule has 55 heavy (non-hydrogen) atoms. The predicted molar refractivity (Wildman–Crippen MR) is 229 cm³/mol. The van der Waals surface area contributed by atoms with Crippen LogP contribution in [0.25, 0.3) is 88.0 Å². The second-order valence-corrected chi connectivity index (χ2v) is 14.1. The van der Waals surface area contributed by atoms with Crippen LogP contribution in [0.3, 0.4) is 0 Å². The van der Waals surface area contributed by atoms with Crippen LogP contribution >= 0.6 is 0 Å². The number of fused-ring (bicyclic) bond motifs is 7. The van der Waals surface area contributed by atoms with Crippen molar-refractivity contribution >= 4 is 71.7 Å². The summed E-state index contributed by atoms with van der Waals surface area (Å²) >= 11 is 0. The lowest BCUT2D eigenvalue weighted by atomic mass is 9.95.